The first-order chi connectivity index (χ1) is 14.0. The van der Waals surface area contributed by atoms with Crippen LogP contribution in [-0.4, -0.2) is 18.4 Å². The van der Waals surface area contributed by atoms with Gasteiger partial charge in [0.15, 0.2) is 0 Å². The van der Waals surface area contributed by atoms with Crippen molar-refractivity contribution in [3.63, 3.8) is 0 Å². The normalized spacial score (nSPS) is 10.2. The number of amides is 2. The smallest absolute Gasteiger partial charge is 0.255 e. The number of ether oxygens (including phenoxy) is 2. The van der Waals surface area contributed by atoms with E-state index in [1.165, 1.54) is 0 Å². The number of nitrogens with two attached hydrogens (primary N) is 1. The van der Waals surface area contributed by atoms with E-state index < -0.39 is 5.91 Å². The van der Waals surface area contributed by atoms with Gasteiger partial charge in [0, 0.05) is 22.9 Å². The Hall–Kier alpha value is -3.80. The molecule has 0 fully saturated rings. The molecule has 0 saturated heterocycles. The van der Waals surface area contributed by atoms with Crippen LogP contribution in [0.2, 0.25) is 0 Å². The van der Waals surface area contributed by atoms with Gasteiger partial charge in [0.05, 0.1) is 6.61 Å². The minimum Gasteiger partial charge on any atom is -0.494 e. The third kappa shape index (κ3) is 5.59. The van der Waals surface area contributed by atoms with E-state index in [0.717, 1.165) is 12.2 Å². The van der Waals surface area contributed by atoms with Crippen molar-refractivity contribution < 1.29 is 19.1 Å². The maximum absolute atomic E-state index is 12.5. The Morgan fingerprint density at radius 3 is 2.07 bits per heavy atom. The Morgan fingerprint density at radius 1 is 0.862 bits per heavy atom. The van der Waals surface area contributed by atoms with Crippen LogP contribution in [0.4, 0.5) is 5.69 Å². The SMILES string of the molecule is CCCOc1cccc(NC(=O)c2ccc(Oc3ccc(C(N)=O)cc3)cc2)c1. The predicted octanol–water partition coefficient (Wildman–Crippen LogP) is 4.62. The van der Waals surface area contributed by atoms with Crippen LogP contribution in [0, 0.1) is 0 Å². The van der Waals surface area contributed by atoms with Crippen LogP contribution in [0.1, 0.15) is 34.1 Å². The third-order valence-corrected chi connectivity index (χ3v) is 4.06. The van der Waals surface area contributed by atoms with Gasteiger partial charge in [-0.1, -0.05) is 13.0 Å². The molecule has 6 heteroatoms. The number of benzene rings is 3. The maximum Gasteiger partial charge on any atom is 0.255 e. The number of hydrogen-bond acceptors (Lipinski definition) is 4. The molecule has 29 heavy (non-hydrogen) atoms. The fourth-order valence-electron chi connectivity index (χ4n) is 2.58. The fraction of sp³-hybridized carbons (Fsp3) is 0.130. The number of carbonyl (C=O) groups is 2. The molecule has 0 saturated carbocycles. The van der Waals surface area contributed by atoms with E-state index in [9.17, 15) is 9.59 Å². The molecule has 0 aliphatic carbocycles. The second-order valence-electron chi connectivity index (χ2n) is 6.35. The van der Waals surface area contributed by atoms with Crippen LogP contribution in [0.3, 0.4) is 0 Å². The van der Waals surface area contributed by atoms with Crippen molar-refractivity contribution in [3.8, 4) is 17.2 Å². The second-order valence-corrected chi connectivity index (χ2v) is 6.35. The minimum absolute atomic E-state index is 0.227. The molecule has 0 aliphatic rings. The largest absolute Gasteiger partial charge is 0.494 e. The van der Waals surface area contributed by atoms with Gasteiger partial charge >= 0.3 is 0 Å². The van der Waals surface area contributed by atoms with Crippen molar-refractivity contribution in [1.82, 2.24) is 0 Å². The Morgan fingerprint density at radius 2 is 1.48 bits per heavy atom. The highest BCUT2D eigenvalue weighted by Gasteiger charge is 2.08. The highest BCUT2D eigenvalue weighted by molar-refractivity contribution is 6.04. The predicted molar refractivity (Wildman–Crippen MR) is 112 cm³/mol. The van der Waals surface area contributed by atoms with Crippen molar-refractivity contribution >= 4 is 17.5 Å². The van der Waals surface area contributed by atoms with Crippen LogP contribution in [0.5, 0.6) is 17.2 Å². The summed E-state index contributed by atoms with van der Waals surface area (Å²) in [6.45, 7) is 2.67. The van der Waals surface area contributed by atoms with Crippen LogP contribution < -0.4 is 20.5 Å². The van der Waals surface area contributed by atoms with Gasteiger partial charge < -0.3 is 20.5 Å². The van der Waals surface area contributed by atoms with Gasteiger partial charge in [0.25, 0.3) is 5.91 Å². The lowest BCUT2D eigenvalue weighted by Crippen LogP contribution is -2.11. The summed E-state index contributed by atoms with van der Waals surface area (Å²) in [4.78, 5) is 23.6. The van der Waals surface area contributed by atoms with Gasteiger partial charge in [-0.2, -0.15) is 0 Å². The molecule has 0 atom stereocenters. The zero-order chi connectivity index (χ0) is 20.6. The highest BCUT2D eigenvalue weighted by atomic mass is 16.5. The first kappa shape index (κ1) is 19.9. The Labute approximate surface area is 169 Å². The summed E-state index contributed by atoms with van der Waals surface area (Å²) >= 11 is 0. The molecule has 148 valence electrons. The zero-order valence-electron chi connectivity index (χ0n) is 16.1. The molecule has 3 rings (SSSR count). The first-order valence-corrected chi connectivity index (χ1v) is 9.27. The summed E-state index contributed by atoms with van der Waals surface area (Å²) in [6, 6.07) is 20.6. The molecule has 6 nitrogen and oxygen atoms in total. The monoisotopic (exact) mass is 390 g/mol. The van der Waals surface area contributed by atoms with Crippen molar-refractivity contribution in [3.05, 3.63) is 83.9 Å². The van der Waals surface area contributed by atoms with E-state index >= 15 is 0 Å². The molecule has 3 N–H and O–H groups in total. The van der Waals surface area contributed by atoms with Gasteiger partial charge in [-0.25, -0.2) is 0 Å². The lowest BCUT2D eigenvalue weighted by molar-refractivity contribution is 0.0997. The summed E-state index contributed by atoms with van der Waals surface area (Å²) in [6.07, 6.45) is 0.917. The molecule has 0 heterocycles. The molecule has 0 bridgehead atoms. The van der Waals surface area contributed by atoms with Crippen LogP contribution >= 0.6 is 0 Å². The van der Waals surface area contributed by atoms with E-state index in [1.807, 2.05) is 25.1 Å². The average Bonchev–Trinajstić information content (AvgIpc) is 2.73. The molecule has 3 aromatic carbocycles. The van der Waals surface area contributed by atoms with Crippen LogP contribution in [0.15, 0.2) is 72.8 Å². The highest BCUT2D eigenvalue weighted by Crippen LogP contribution is 2.23. The number of primary amides is 1. The molecule has 0 radical (unpaired) electrons. The molecule has 0 unspecified atom stereocenters. The quantitative estimate of drug-likeness (QED) is 0.587. The van der Waals surface area contributed by atoms with Crippen molar-refractivity contribution in [2.45, 2.75) is 13.3 Å². The Balaban J connectivity index is 1.62. The molecule has 0 aliphatic heterocycles. The van der Waals surface area contributed by atoms with Crippen molar-refractivity contribution in [2.24, 2.45) is 5.73 Å². The van der Waals surface area contributed by atoms with E-state index in [0.29, 0.717) is 34.9 Å². The van der Waals surface area contributed by atoms with E-state index in [2.05, 4.69) is 5.32 Å². The van der Waals surface area contributed by atoms with Crippen LogP contribution in [0.25, 0.3) is 0 Å². The van der Waals surface area contributed by atoms with Gasteiger partial charge in [0.1, 0.15) is 17.2 Å². The molecule has 2 amide bonds. The Kier molecular flexibility index (Phi) is 6.47. The number of carbonyl (C=O) groups excluding carboxylic acids is 2. The van der Waals surface area contributed by atoms with Gasteiger partial charge in [-0.15, -0.1) is 0 Å². The van der Waals surface area contributed by atoms with E-state index in [4.69, 9.17) is 15.2 Å². The molecular weight excluding hydrogens is 368 g/mol. The first-order valence-electron chi connectivity index (χ1n) is 9.27. The van der Waals surface area contributed by atoms with Crippen molar-refractivity contribution in [2.75, 3.05) is 11.9 Å². The van der Waals surface area contributed by atoms with E-state index in [-0.39, 0.29) is 5.91 Å². The lowest BCUT2D eigenvalue weighted by Gasteiger charge is -2.10. The summed E-state index contributed by atoms with van der Waals surface area (Å²) in [5, 5.41) is 2.86. The summed E-state index contributed by atoms with van der Waals surface area (Å²) in [5.41, 5.74) is 6.80. The van der Waals surface area contributed by atoms with Gasteiger partial charge in [-0.05, 0) is 67.1 Å². The molecule has 3 aromatic rings. The topological polar surface area (TPSA) is 90.7 Å². The molecule has 0 spiro atoms. The summed E-state index contributed by atoms with van der Waals surface area (Å²) < 4.78 is 11.3. The standard InChI is InChI=1S/C23H22N2O4/c1-2-14-28-21-5-3-4-18(15-21)25-23(27)17-8-12-20(13-9-17)29-19-10-6-16(7-11-19)22(24)26/h3-13,15H,2,14H2,1H3,(H2,24,26)(H,25,27). The lowest BCUT2D eigenvalue weighted by atomic mass is 10.2. The second kappa shape index (κ2) is 9.41. The van der Waals surface area contributed by atoms with Gasteiger partial charge in [0.2, 0.25) is 5.91 Å². The summed E-state index contributed by atoms with van der Waals surface area (Å²) in [7, 11) is 0. The average molecular weight is 390 g/mol. The zero-order valence-corrected chi connectivity index (χ0v) is 16.1. The van der Waals surface area contributed by atoms with Crippen molar-refractivity contribution in [1.29, 1.82) is 0 Å². The molecule has 0 aromatic heterocycles. The number of rotatable bonds is 8. The fourth-order valence-corrected chi connectivity index (χ4v) is 2.58. The minimum atomic E-state index is -0.491. The molecular formula is C23H22N2O4. The number of anilines is 1. The van der Waals surface area contributed by atoms with Gasteiger partial charge in [-0.3, -0.25) is 9.59 Å². The number of hydrogen-bond donors (Lipinski definition) is 2. The number of nitrogens with one attached hydrogen (secondary N) is 1. The maximum atomic E-state index is 12.5. The summed E-state index contributed by atoms with van der Waals surface area (Å²) in [5.74, 6) is 1.14. The van der Waals surface area contributed by atoms with Crippen LogP contribution in [-0.2, 0) is 0 Å². The van der Waals surface area contributed by atoms with E-state index in [1.54, 1.807) is 54.6 Å². The Bertz CT molecular complexity index is 983. The third-order valence-electron chi connectivity index (χ3n) is 4.06.